The van der Waals surface area contributed by atoms with Crippen molar-refractivity contribution in [3.05, 3.63) is 48.0 Å². The molecule has 2 aliphatic heterocycles. The van der Waals surface area contributed by atoms with Crippen molar-refractivity contribution >= 4 is 28.5 Å². The molecule has 31 heavy (non-hydrogen) atoms. The van der Waals surface area contributed by atoms with Crippen LogP contribution < -0.4 is 10.6 Å². The van der Waals surface area contributed by atoms with E-state index in [0.717, 1.165) is 24.9 Å². The maximum atomic E-state index is 12.5. The number of hydrogen-bond acceptors (Lipinski definition) is 4. The summed E-state index contributed by atoms with van der Waals surface area (Å²) in [5.74, 6) is -0.0999. The SMILES string of the molecule is O=C(CC1C(=O)NCCN1Cc1ccc2ccccc2c1)NCCN1CCCCC1=O. The summed E-state index contributed by atoms with van der Waals surface area (Å²) >= 11 is 0. The average Bonchev–Trinajstić information content (AvgIpc) is 2.77. The van der Waals surface area contributed by atoms with E-state index in [1.165, 1.54) is 10.8 Å². The zero-order chi connectivity index (χ0) is 21.6. The van der Waals surface area contributed by atoms with Gasteiger partial charge in [-0.15, -0.1) is 0 Å². The number of piperazine rings is 1. The highest BCUT2D eigenvalue weighted by atomic mass is 16.2. The van der Waals surface area contributed by atoms with E-state index in [1.54, 1.807) is 0 Å². The number of rotatable bonds is 7. The fraction of sp³-hybridized carbons (Fsp3) is 0.458. The van der Waals surface area contributed by atoms with E-state index in [4.69, 9.17) is 0 Å². The highest BCUT2D eigenvalue weighted by molar-refractivity contribution is 5.89. The smallest absolute Gasteiger partial charge is 0.237 e. The molecule has 0 bridgehead atoms. The van der Waals surface area contributed by atoms with Crippen molar-refractivity contribution in [1.29, 1.82) is 0 Å². The molecule has 0 aliphatic carbocycles. The minimum atomic E-state index is -0.489. The van der Waals surface area contributed by atoms with Gasteiger partial charge in [-0.05, 0) is 35.2 Å². The van der Waals surface area contributed by atoms with E-state index in [-0.39, 0.29) is 24.1 Å². The van der Waals surface area contributed by atoms with Crippen LogP contribution in [-0.4, -0.2) is 66.3 Å². The van der Waals surface area contributed by atoms with Crippen LogP contribution >= 0.6 is 0 Å². The fourth-order valence-electron chi connectivity index (χ4n) is 4.42. The maximum Gasteiger partial charge on any atom is 0.237 e. The standard InChI is InChI=1S/C24H30N4O3/c29-22(25-10-13-27-12-4-3-7-23(27)30)16-21-24(31)26-11-14-28(21)17-18-8-9-19-5-1-2-6-20(19)15-18/h1-2,5-6,8-9,15,21H,3-4,7,10-14,16-17H2,(H,25,29)(H,26,31). The number of nitrogens with one attached hydrogen (secondary N) is 2. The molecule has 2 aromatic carbocycles. The van der Waals surface area contributed by atoms with Crippen molar-refractivity contribution in [2.45, 2.75) is 38.3 Å². The van der Waals surface area contributed by atoms with Crippen LogP contribution in [0.25, 0.3) is 10.8 Å². The topological polar surface area (TPSA) is 81.8 Å². The Hall–Kier alpha value is -2.93. The van der Waals surface area contributed by atoms with Crippen molar-refractivity contribution in [3.63, 3.8) is 0 Å². The van der Waals surface area contributed by atoms with E-state index in [1.807, 2.05) is 17.0 Å². The molecule has 2 saturated heterocycles. The Balaban J connectivity index is 1.33. The van der Waals surface area contributed by atoms with Crippen molar-refractivity contribution in [2.24, 2.45) is 0 Å². The first kappa shape index (κ1) is 21.3. The molecule has 2 aromatic rings. The van der Waals surface area contributed by atoms with Crippen LogP contribution in [0.3, 0.4) is 0 Å². The number of piperidine rings is 1. The van der Waals surface area contributed by atoms with E-state index in [2.05, 4.69) is 45.9 Å². The number of nitrogens with zero attached hydrogens (tertiary/aromatic N) is 2. The monoisotopic (exact) mass is 422 g/mol. The van der Waals surface area contributed by atoms with Gasteiger partial charge in [0.15, 0.2) is 0 Å². The van der Waals surface area contributed by atoms with Gasteiger partial charge in [-0.2, -0.15) is 0 Å². The van der Waals surface area contributed by atoms with Gasteiger partial charge in [-0.25, -0.2) is 0 Å². The maximum absolute atomic E-state index is 12.5. The minimum Gasteiger partial charge on any atom is -0.354 e. The Labute approximate surface area is 182 Å². The molecule has 7 heteroatoms. The van der Waals surface area contributed by atoms with E-state index < -0.39 is 6.04 Å². The van der Waals surface area contributed by atoms with Gasteiger partial charge in [0.2, 0.25) is 17.7 Å². The normalized spacial score (nSPS) is 20.0. The predicted molar refractivity (Wildman–Crippen MR) is 119 cm³/mol. The Morgan fingerprint density at radius 3 is 2.74 bits per heavy atom. The summed E-state index contributed by atoms with van der Waals surface area (Å²) in [5.41, 5.74) is 1.13. The van der Waals surface area contributed by atoms with Gasteiger partial charge in [0.05, 0.1) is 12.5 Å². The van der Waals surface area contributed by atoms with Gasteiger partial charge in [-0.1, -0.05) is 36.4 Å². The zero-order valence-electron chi connectivity index (χ0n) is 17.8. The van der Waals surface area contributed by atoms with Crippen LogP contribution in [0, 0.1) is 0 Å². The second-order valence-corrected chi connectivity index (χ2v) is 8.35. The summed E-state index contributed by atoms with van der Waals surface area (Å²) in [6.07, 6.45) is 2.68. The quantitative estimate of drug-likeness (QED) is 0.711. The third kappa shape index (κ3) is 5.41. The van der Waals surface area contributed by atoms with Crippen molar-refractivity contribution in [2.75, 3.05) is 32.7 Å². The van der Waals surface area contributed by atoms with Crippen LogP contribution in [-0.2, 0) is 20.9 Å². The molecule has 0 aromatic heterocycles. The van der Waals surface area contributed by atoms with E-state index in [9.17, 15) is 14.4 Å². The Morgan fingerprint density at radius 1 is 1.06 bits per heavy atom. The third-order valence-corrected chi connectivity index (χ3v) is 6.15. The molecular formula is C24H30N4O3. The molecule has 7 nitrogen and oxygen atoms in total. The lowest BCUT2D eigenvalue weighted by Crippen LogP contribution is -2.56. The molecule has 164 valence electrons. The van der Waals surface area contributed by atoms with Crippen molar-refractivity contribution in [3.8, 4) is 0 Å². The first-order valence-corrected chi connectivity index (χ1v) is 11.1. The minimum absolute atomic E-state index is 0.103. The lowest BCUT2D eigenvalue weighted by Gasteiger charge is -2.34. The summed E-state index contributed by atoms with van der Waals surface area (Å²) in [6, 6.07) is 14.0. The molecule has 3 amide bonds. The van der Waals surface area contributed by atoms with Gasteiger partial charge in [0.25, 0.3) is 0 Å². The average molecular weight is 423 g/mol. The third-order valence-electron chi connectivity index (χ3n) is 6.15. The highest BCUT2D eigenvalue weighted by Gasteiger charge is 2.31. The van der Waals surface area contributed by atoms with Crippen LogP contribution in [0.1, 0.15) is 31.2 Å². The number of carbonyl (C=O) groups excluding carboxylic acids is 3. The Kier molecular flexibility index (Phi) is 6.82. The summed E-state index contributed by atoms with van der Waals surface area (Å²) in [6.45, 7) is 3.63. The fourth-order valence-corrected chi connectivity index (χ4v) is 4.42. The molecular weight excluding hydrogens is 392 g/mol. The highest BCUT2D eigenvalue weighted by Crippen LogP contribution is 2.19. The van der Waals surface area contributed by atoms with Crippen LogP contribution in [0.4, 0.5) is 0 Å². The molecule has 1 atom stereocenters. The molecule has 1 unspecified atom stereocenters. The van der Waals surface area contributed by atoms with Gasteiger partial charge >= 0.3 is 0 Å². The van der Waals surface area contributed by atoms with E-state index >= 15 is 0 Å². The van der Waals surface area contributed by atoms with Crippen LogP contribution in [0.15, 0.2) is 42.5 Å². The molecule has 2 heterocycles. The summed E-state index contributed by atoms with van der Waals surface area (Å²) in [7, 11) is 0. The molecule has 0 spiro atoms. The second kappa shape index (κ2) is 9.92. The first-order valence-electron chi connectivity index (χ1n) is 11.1. The predicted octanol–water partition coefficient (Wildman–Crippen LogP) is 1.66. The lowest BCUT2D eigenvalue weighted by atomic mass is 10.0. The Morgan fingerprint density at radius 2 is 1.90 bits per heavy atom. The van der Waals surface area contributed by atoms with Gasteiger partial charge in [0.1, 0.15) is 0 Å². The van der Waals surface area contributed by atoms with Gasteiger partial charge < -0.3 is 15.5 Å². The van der Waals surface area contributed by atoms with Crippen molar-refractivity contribution < 1.29 is 14.4 Å². The van der Waals surface area contributed by atoms with Crippen molar-refractivity contribution in [1.82, 2.24) is 20.4 Å². The number of likely N-dealkylation sites (tertiary alicyclic amines) is 1. The molecule has 2 fully saturated rings. The van der Waals surface area contributed by atoms with Crippen LogP contribution in [0.2, 0.25) is 0 Å². The molecule has 0 radical (unpaired) electrons. The first-order chi connectivity index (χ1) is 15.1. The largest absolute Gasteiger partial charge is 0.354 e. The number of carbonyl (C=O) groups is 3. The lowest BCUT2D eigenvalue weighted by molar-refractivity contribution is -0.134. The number of fused-ring (bicyclic) bond motifs is 1. The Bertz CT molecular complexity index is 961. The zero-order valence-corrected chi connectivity index (χ0v) is 17.8. The van der Waals surface area contributed by atoms with Gasteiger partial charge in [0, 0.05) is 45.7 Å². The second-order valence-electron chi connectivity index (χ2n) is 8.35. The van der Waals surface area contributed by atoms with E-state index in [0.29, 0.717) is 39.1 Å². The number of hydrogen-bond donors (Lipinski definition) is 2. The molecule has 2 aliphatic rings. The van der Waals surface area contributed by atoms with Gasteiger partial charge in [-0.3, -0.25) is 19.3 Å². The van der Waals surface area contributed by atoms with Crippen LogP contribution in [0.5, 0.6) is 0 Å². The molecule has 4 rings (SSSR count). The summed E-state index contributed by atoms with van der Waals surface area (Å²) in [5, 5.41) is 8.13. The summed E-state index contributed by atoms with van der Waals surface area (Å²) < 4.78 is 0. The number of benzene rings is 2. The molecule has 0 saturated carbocycles. The summed E-state index contributed by atoms with van der Waals surface area (Å²) in [4.78, 5) is 40.8. The molecule has 2 N–H and O–H groups in total. The number of amides is 3.